The molecule has 2 rings (SSSR count). The summed E-state index contributed by atoms with van der Waals surface area (Å²) in [5.74, 6) is -0.773. The average molecular weight is 190 g/mol. The minimum absolute atomic E-state index is 0.157. The van der Waals surface area contributed by atoms with E-state index in [1.807, 2.05) is 24.3 Å². The Kier molecular flexibility index (Phi) is 2.23. The van der Waals surface area contributed by atoms with Gasteiger partial charge in [-0.3, -0.25) is 4.79 Å². The highest BCUT2D eigenvalue weighted by Crippen LogP contribution is 2.20. The molecule has 1 aromatic heterocycles. The van der Waals surface area contributed by atoms with Gasteiger partial charge in [0.15, 0.2) is 0 Å². The number of carbonyl (C=O) groups is 1. The Morgan fingerprint density at radius 3 is 3.00 bits per heavy atom. The Hall–Kier alpha value is -1.77. The van der Waals surface area contributed by atoms with Crippen LogP contribution in [0, 0.1) is 0 Å². The summed E-state index contributed by atoms with van der Waals surface area (Å²) < 4.78 is 5.22. The molecule has 0 saturated carbocycles. The second-order valence-corrected chi connectivity index (χ2v) is 3.14. The van der Waals surface area contributed by atoms with Gasteiger partial charge in [0.2, 0.25) is 0 Å². The zero-order valence-corrected chi connectivity index (χ0v) is 7.56. The summed E-state index contributed by atoms with van der Waals surface area (Å²) in [5.41, 5.74) is 1.84. The highest BCUT2D eigenvalue weighted by Gasteiger charge is 2.04. The van der Waals surface area contributed by atoms with Crippen LogP contribution in [0.5, 0.6) is 0 Å². The summed E-state index contributed by atoms with van der Waals surface area (Å²) in [6.07, 6.45) is 2.32. The van der Waals surface area contributed by atoms with Crippen molar-refractivity contribution in [2.45, 2.75) is 12.8 Å². The molecule has 1 heterocycles. The molecule has 0 aliphatic rings. The first kappa shape index (κ1) is 8.81. The molecule has 0 unspecified atom stereocenters. The number of fused-ring (bicyclic) bond motifs is 1. The number of aryl methyl sites for hydroxylation is 1. The standard InChI is InChI=1S/C11H10O3/c12-11(13)5-4-8-2-1-3-10-9(8)6-7-14-10/h1-3,6-7H,4-5H2,(H,12,13). The Morgan fingerprint density at radius 1 is 1.36 bits per heavy atom. The summed E-state index contributed by atoms with van der Waals surface area (Å²) in [6.45, 7) is 0. The van der Waals surface area contributed by atoms with Gasteiger partial charge in [-0.2, -0.15) is 0 Å². The maximum atomic E-state index is 10.4. The van der Waals surface area contributed by atoms with Gasteiger partial charge >= 0.3 is 5.97 Å². The third-order valence-corrected chi connectivity index (χ3v) is 2.19. The van der Waals surface area contributed by atoms with Gasteiger partial charge < -0.3 is 9.52 Å². The van der Waals surface area contributed by atoms with Crippen LogP contribution in [0.4, 0.5) is 0 Å². The molecule has 1 N–H and O–H groups in total. The van der Waals surface area contributed by atoms with E-state index in [1.165, 1.54) is 0 Å². The molecule has 0 bridgehead atoms. The van der Waals surface area contributed by atoms with Gasteiger partial charge in [0, 0.05) is 11.8 Å². The van der Waals surface area contributed by atoms with Crippen LogP contribution in [-0.4, -0.2) is 11.1 Å². The Labute approximate surface area is 81.0 Å². The van der Waals surface area contributed by atoms with Crippen LogP contribution in [0.3, 0.4) is 0 Å². The molecular formula is C11H10O3. The zero-order valence-electron chi connectivity index (χ0n) is 7.56. The molecule has 72 valence electrons. The summed E-state index contributed by atoms with van der Waals surface area (Å²) >= 11 is 0. The predicted octanol–water partition coefficient (Wildman–Crippen LogP) is 2.45. The van der Waals surface area contributed by atoms with E-state index in [0.717, 1.165) is 16.5 Å². The van der Waals surface area contributed by atoms with Gasteiger partial charge in [-0.1, -0.05) is 12.1 Å². The quantitative estimate of drug-likeness (QED) is 0.808. The molecule has 0 aliphatic heterocycles. The summed E-state index contributed by atoms with van der Waals surface area (Å²) in [4.78, 5) is 10.4. The van der Waals surface area contributed by atoms with Crippen molar-refractivity contribution in [1.82, 2.24) is 0 Å². The predicted molar refractivity (Wildman–Crippen MR) is 52.2 cm³/mol. The molecule has 0 amide bonds. The number of rotatable bonds is 3. The lowest BCUT2D eigenvalue weighted by Gasteiger charge is -1.99. The molecule has 2 aromatic rings. The van der Waals surface area contributed by atoms with Gasteiger partial charge in [0.1, 0.15) is 5.58 Å². The van der Waals surface area contributed by atoms with Gasteiger partial charge in [-0.25, -0.2) is 0 Å². The van der Waals surface area contributed by atoms with Crippen molar-refractivity contribution in [1.29, 1.82) is 0 Å². The van der Waals surface area contributed by atoms with Gasteiger partial charge in [0.25, 0.3) is 0 Å². The van der Waals surface area contributed by atoms with Gasteiger partial charge in [-0.15, -0.1) is 0 Å². The van der Waals surface area contributed by atoms with E-state index in [1.54, 1.807) is 6.26 Å². The van der Waals surface area contributed by atoms with E-state index >= 15 is 0 Å². The van der Waals surface area contributed by atoms with E-state index < -0.39 is 5.97 Å². The van der Waals surface area contributed by atoms with Crippen molar-refractivity contribution >= 4 is 16.9 Å². The highest BCUT2D eigenvalue weighted by molar-refractivity contribution is 5.81. The normalized spacial score (nSPS) is 10.6. The summed E-state index contributed by atoms with van der Waals surface area (Å²) in [5, 5.41) is 9.58. The number of benzene rings is 1. The van der Waals surface area contributed by atoms with Crippen LogP contribution in [0.25, 0.3) is 11.0 Å². The fourth-order valence-corrected chi connectivity index (χ4v) is 1.52. The zero-order chi connectivity index (χ0) is 9.97. The van der Waals surface area contributed by atoms with Crippen molar-refractivity contribution < 1.29 is 14.3 Å². The van der Waals surface area contributed by atoms with Crippen molar-refractivity contribution in [2.75, 3.05) is 0 Å². The molecule has 0 spiro atoms. The third kappa shape index (κ3) is 1.62. The first-order valence-corrected chi connectivity index (χ1v) is 4.44. The third-order valence-electron chi connectivity index (χ3n) is 2.19. The van der Waals surface area contributed by atoms with E-state index in [-0.39, 0.29) is 6.42 Å². The summed E-state index contributed by atoms with van der Waals surface area (Å²) in [6, 6.07) is 7.55. The number of hydrogen-bond acceptors (Lipinski definition) is 2. The smallest absolute Gasteiger partial charge is 0.303 e. The van der Waals surface area contributed by atoms with Crippen LogP contribution in [0.2, 0.25) is 0 Å². The van der Waals surface area contributed by atoms with Crippen LogP contribution < -0.4 is 0 Å². The number of carboxylic acid groups (broad SMARTS) is 1. The van der Waals surface area contributed by atoms with Gasteiger partial charge in [0.05, 0.1) is 6.26 Å². The van der Waals surface area contributed by atoms with Crippen LogP contribution in [0.15, 0.2) is 34.9 Å². The lowest BCUT2D eigenvalue weighted by molar-refractivity contribution is -0.136. The fraction of sp³-hybridized carbons (Fsp3) is 0.182. The summed E-state index contributed by atoms with van der Waals surface area (Å²) in [7, 11) is 0. The fourth-order valence-electron chi connectivity index (χ4n) is 1.52. The molecule has 0 atom stereocenters. The Bertz CT molecular complexity index is 456. The van der Waals surface area contributed by atoms with Crippen molar-refractivity contribution in [3.63, 3.8) is 0 Å². The average Bonchev–Trinajstić information content (AvgIpc) is 2.62. The minimum Gasteiger partial charge on any atom is -0.481 e. The number of carboxylic acids is 1. The Morgan fingerprint density at radius 2 is 2.21 bits per heavy atom. The molecular weight excluding hydrogens is 180 g/mol. The van der Waals surface area contributed by atoms with Crippen molar-refractivity contribution in [3.05, 3.63) is 36.1 Å². The van der Waals surface area contributed by atoms with Crippen LogP contribution >= 0.6 is 0 Å². The number of hydrogen-bond donors (Lipinski definition) is 1. The number of furan rings is 1. The Balaban J connectivity index is 2.32. The molecule has 0 aliphatic carbocycles. The van der Waals surface area contributed by atoms with Crippen LogP contribution in [0.1, 0.15) is 12.0 Å². The first-order chi connectivity index (χ1) is 6.77. The molecule has 14 heavy (non-hydrogen) atoms. The van der Waals surface area contributed by atoms with Crippen LogP contribution in [-0.2, 0) is 11.2 Å². The largest absolute Gasteiger partial charge is 0.481 e. The second-order valence-electron chi connectivity index (χ2n) is 3.14. The molecule has 1 aromatic carbocycles. The van der Waals surface area contributed by atoms with E-state index in [9.17, 15) is 4.79 Å². The minimum atomic E-state index is -0.773. The van der Waals surface area contributed by atoms with E-state index in [4.69, 9.17) is 9.52 Å². The first-order valence-electron chi connectivity index (χ1n) is 4.44. The number of aliphatic carboxylic acids is 1. The molecule has 3 nitrogen and oxygen atoms in total. The maximum absolute atomic E-state index is 10.4. The molecule has 0 radical (unpaired) electrons. The lowest BCUT2D eigenvalue weighted by Crippen LogP contribution is -1.97. The highest BCUT2D eigenvalue weighted by atomic mass is 16.4. The van der Waals surface area contributed by atoms with Crippen molar-refractivity contribution in [3.8, 4) is 0 Å². The van der Waals surface area contributed by atoms with E-state index in [2.05, 4.69) is 0 Å². The maximum Gasteiger partial charge on any atom is 0.303 e. The molecule has 3 heteroatoms. The lowest BCUT2D eigenvalue weighted by atomic mass is 10.1. The molecule has 0 fully saturated rings. The topological polar surface area (TPSA) is 50.4 Å². The monoisotopic (exact) mass is 190 g/mol. The van der Waals surface area contributed by atoms with Gasteiger partial charge in [-0.05, 0) is 24.1 Å². The SMILES string of the molecule is O=C(O)CCc1cccc2occc12. The van der Waals surface area contributed by atoms with Crippen molar-refractivity contribution in [2.24, 2.45) is 0 Å². The van der Waals surface area contributed by atoms with E-state index in [0.29, 0.717) is 6.42 Å². The second kappa shape index (κ2) is 3.54. The molecule has 0 saturated heterocycles.